The molecule has 0 saturated carbocycles. The maximum atomic E-state index is 12.1. The number of nitrogens with one attached hydrogen (secondary N) is 2. The first-order valence-corrected chi connectivity index (χ1v) is 6.44. The number of benzene rings is 2. The van der Waals surface area contributed by atoms with Crippen LogP contribution in [-0.4, -0.2) is 26.5 Å². The summed E-state index contributed by atoms with van der Waals surface area (Å²) >= 11 is 0. The van der Waals surface area contributed by atoms with E-state index in [0.29, 0.717) is 17.1 Å². The predicted octanol–water partition coefficient (Wildman–Crippen LogP) is 2.43. The van der Waals surface area contributed by atoms with Crippen molar-refractivity contribution in [3.05, 3.63) is 59.7 Å². The van der Waals surface area contributed by atoms with Crippen LogP contribution in [0.25, 0.3) is 11.4 Å². The highest BCUT2D eigenvalue weighted by molar-refractivity contribution is 6.04. The van der Waals surface area contributed by atoms with Gasteiger partial charge in [-0.15, -0.1) is 10.2 Å². The first-order chi connectivity index (χ1) is 10.2. The third-order valence-corrected chi connectivity index (χ3v) is 3.06. The van der Waals surface area contributed by atoms with E-state index >= 15 is 0 Å². The molecule has 104 valence electrons. The molecule has 0 aliphatic rings. The monoisotopic (exact) mass is 279 g/mol. The minimum Gasteiger partial charge on any atom is -0.322 e. The average Bonchev–Trinajstić information content (AvgIpc) is 3.03. The molecule has 0 fully saturated rings. The van der Waals surface area contributed by atoms with Gasteiger partial charge in [-0.05, 0) is 48.5 Å². The lowest BCUT2D eigenvalue weighted by atomic mass is 10.1. The van der Waals surface area contributed by atoms with E-state index in [1.165, 1.54) is 0 Å². The van der Waals surface area contributed by atoms with Crippen LogP contribution in [0.1, 0.15) is 15.9 Å². The molecular weight excluding hydrogens is 266 g/mol. The van der Waals surface area contributed by atoms with E-state index in [2.05, 4.69) is 25.9 Å². The fourth-order valence-electron chi connectivity index (χ4n) is 1.89. The maximum absolute atomic E-state index is 12.1. The summed E-state index contributed by atoms with van der Waals surface area (Å²) in [5, 5.41) is 16.6. The Balaban J connectivity index is 1.73. The Labute approximate surface area is 121 Å². The topological polar surface area (TPSA) is 83.6 Å². The van der Waals surface area contributed by atoms with Crippen LogP contribution in [0.15, 0.2) is 48.5 Å². The van der Waals surface area contributed by atoms with E-state index in [-0.39, 0.29) is 5.91 Å². The second-order valence-electron chi connectivity index (χ2n) is 4.63. The summed E-state index contributed by atoms with van der Waals surface area (Å²) in [5.41, 5.74) is 3.30. The van der Waals surface area contributed by atoms with Gasteiger partial charge in [0.2, 0.25) is 5.82 Å². The molecule has 6 heteroatoms. The Morgan fingerprint density at radius 1 is 1.05 bits per heavy atom. The number of aromatic amines is 1. The van der Waals surface area contributed by atoms with Crippen LogP contribution in [0, 0.1) is 6.92 Å². The zero-order valence-electron chi connectivity index (χ0n) is 11.4. The quantitative estimate of drug-likeness (QED) is 0.771. The van der Waals surface area contributed by atoms with Gasteiger partial charge in [0, 0.05) is 16.8 Å². The third-order valence-electron chi connectivity index (χ3n) is 3.06. The number of nitrogens with zero attached hydrogens (tertiary/aromatic N) is 3. The minimum absolute atomic E-state index is 0.137. The summed E-state index contributed by atoms with van der Waals surface area (Å²) in [7, 11) is 0. The number of aryl methyl sites for hydroxylation is 1. The molecule has 0 atom stereocenters. The van der Waals surface area contributed by atoms with Crippen LogP contribution >= 0.6 is 0 Å². The molecule has 1 amide bonds. The standard InChI is InChI=1S/C15H13N5O/c1-10-2-4-12(5-3-10)15(21)16-13-8-6-11(7-9-13)14-17-19-20-18-14/h2-9H,1H3,(H,16,21)(H,17,18,19,20). The van der Waals surface area contributed by atoms with Crippen LogP contribution < -0.4 is 5.32 Å². The zero-order valence-corrected chi connectivity index (χ0v) is 11.4. The first-order valence-electron chi connectivity index (χ1n) is 6.44. The van der Waals surface area contributed by atoms with Crippen molar-refractivity contribution in [2.45, 2.75) is 6.92 Å². The lowest BCUT2D eigenvalue weighted by Gasteiger charge is -2.06. The zero-order chi connectivity index (χ0) is 14.7. The summed E-state index contributed by atoms with van der Waals surface area (Å²) in [6, 6.07) is 14.7. The van der Waals surface area contributed by atoms with E-state index in [9.17, 15) is 4.79 Å². The van der Waals surface area contributed by atoms with Gasteiger partial charge in [-0.25, -0.2) is 0 Å². The summed E-state index contributed by atoms with van der Waals surface area (Å²) < 4.78 is 0. The van der Waals surface area contributed by atoms with Crippen molar-refractivity contribution in [3.8, 4) is 11.4 Å². The van der Waals surface area contributed by atoms with Crippen LogP contribution in [0.5, 0.6) is 0 Å². The molecular formula is C15H13N5O. The van der Waals surface area contributed by atoms with Crippen LogP contribution in [0.4, 0.5) is 5.69 Å². The van der Waals surface area contributed by atoms with Crippen LogP contribution in [0.3, 0.4) is 0 Å². The molecule has 0 saturated heterocycles. The summed E-state index contributed by atoms with van der Waals surface area (Å²) in [6.45, 7) is 1.98. The van der Waals surface area contributed by atoms with Gasteiger partial charge in [0.05, 0.1) is 0 Å². The van der Waals surface area contributed by atoms with Crippen molar-refractivity contribution in [1.29, 1.82) is 0 Å². The van der Waals surface area contributed by atoms with Crippen molar-refractivity contribution in [2.24, 2.45) is 0 Å². The number of rotatable bonds is 3. The summed E-state index contributed by atoms with van der Waals surface area (Å²) in [6.07, 6.45) is 0. The van der Waals surface area contributed by atoms with Crippen LogP contribution in [-0.2, 0) is 0 Å². The minimum atomic E-state index is -0.137. The Morgan fingerprint density at radius 3 is 2.38 bits per heavy atom. The smallest absolute Gasteiger partial charge is 0.255 e. The summed E-state index contributed by atoms with van der Waals surface area (Å²) in [5.74, 6) is 0.383. The molecule has 0 unspecified atom stereocenters. The molecule has 3 aromatic rings. The molecule has 2 aromatic carbocycles. The van der Waals surface area contributed by atoms with E-state index in [1.807, 2.05) is 31.2 Å². The van der Waals surface area contributed by atoms with Crippen molar-refractivity contribution in [1.82, 2.24) is 20.6 Å². The lowest BCUT2D eigenvalue weighted by molar-refractivity contribution is 0.102. The molecule has 3 rings (SSSR count). The van der Waals surface area contributed by atoms with Gasteiger partial charge in [-0.1, -0.05) is 17.7 Å². The molecule has 21 heavy (non-hydrogen) atoms. The number of anilines is 1. The van der Waals surface area contributed by atoms with E-state index < -0.39 is 0 Å². The van der Waals surface area contributed by atoms with Gasteiger partial charge in [-0.2, -0.15) is 5.21 Å². The van der Waals surface area contributed by atoms with Crippen molar-refractivity contribution in [3.63, 3.8) is 0 Å². The molecule has 1 aromatic heterocycles. The second kappa shape index (κ2) is 5.54. The van der Waals surface area contributed by atoms with Gasteiger partial charge < -0.3 is 5.32 Å². The molecule has 0 spiro atoms. The molecule has 0 bridgehead atoms. The SMILES string of the molecule is Cc1ccc(C(=O)Nc2ccc(-c3nn[nH]n3)cc2)cc1. The molecule has 2 N–H and O–H groups in total. The Bertz CT molecular complexity index is 733. The molecule has 6 nitrogen and oxygen atoms in total. The molecule has 1 heterocycles. The third kappa shape index (κ3) is 2.94. The number of hydrogen-bond acceptors (Lipinski definition) is 4. The molecule has 0 radical (unpaired) electrons. The first kappa shape index (κ1) is 13.0. The second-order valence-corrected chi connectivity index (χ2v) is 4.63. The highest BCUT2D eigenvalue weighted by Gasteiger charge is 2.07. The number of carbonyl (C=O) groups excluding carboxylic acids is 1. The van der Waals surface area contributed by atoms with E-state index in [1.54, 1.807) is 24.3 Å². The van der Waals surface area contributed by atoms with E-state index in [4.69, 9.17) is 0 Å². The van der Waals surface area contributed by atoms with Crippen LogP contribution in [0.2, 0.25) is 0 Å². The fraction of sp³-hybridized carbons (Fsp3) is 0.0667. The molecule has 0 aliphatic carbocycles. The average molecular weight is 279 g/mol. The number of tetrazole rings is 1. The molecule has 0 aliphatic heterocycles. The highest BCUT2D eigenvalue weighted by Crippen LogP contribution is 2.17. The largest absolute Gasteiger partial charge is 0.322 e. The number of aromatic nitrogens is 4. The fourth-order valence-corrected chi connectivity index (χ4v) is 1.89. The van der Waals surface area contributed by atoms with Gasteiger partial charge in [-0.3, -0.25) is 4.79 Å². The summed E-state index contributed by atoms with van der Waals surface area (Å²) in [4.78, 5) is 12.1. The number of hydrogen-bond donors (Lipinski definition) is 2. The number of H-pyrrole nitrogens is 1. The van der Waals surface area contributed by atoms with Gasteiger partial charge >= 0.3 is 0 Å². The van der Waals surface area contributed by atoms with Crippen molar-refractivity contribution in [2.75, 3.05) is 5.32 Å². The van der Waals surface area contributed by atoms with Gasteiger partial charge in [0.15, 0.2) is 0 Å². The number of carbonyl (C=O) groups is 1. The Kier molecular flexibility index (Phi) is 3.42. The Hall–Kier alpha value is -3.02. The lowest BCUT2D eigenvalue weighted by Crippen LogP contribution is -2.11. The van der Waals surface area contributed by atoms with Gasteiger partial charge in [0.25, 0.3) is 5.91 Å². The normalized spacial score (nSPS) is 10.3. The Morgan fingerprint density at radius 2 is 1.76 bits per heavy atom. The predicted molar refractivity (Wildman–Crippen MR) is 78.7 cm³/mol. The number of amides is 1. The van der Waals surface area contributed by atoms with Crippen molar-refractivity contribution < 1.29 is 4.79 Å². The maximum Gasteiger partial charge on any atom is 0.255 e. The highest BCUT2D eigenvalue weighted by atomic mass is 16.1. The van der Waals surface area contributed by atoms with E-state index in [0.717, 1.165) is 11.1 Å². The van der Waals surface area contributed by atoms with Gasteiger partial charge in [0.1, 0.15) is 0 Å². The van der Waals surface area contributed by atoms with Crippen molar-refractivity contribution >= 4 is 11.6 Å².